The van der Waals surface area contributed by atoms with E-state index in [1.807, 2.05) is 0 Å². The van der Waals surface area contributed by atoms with Gasteiger partial charge in [-0.3, -0.25) is 0 Å². The van der Waals surface area contributed by atoms with Crippen molar-refractivity contribution < 1.29 is 14.6 Å². The number of hydrogen-bond donors (Lipinski definition) is 3. The number of rotatable bonds is 5. The Hall–Kier alpha value is -0.810. The number of ether oxygens (including phenoxy) is 1. The first kappa shape index (κ1) is 11.3. The highest BCUT2D eigenvalue weighted by atomic mass is 16.5. The predicted octanol–water partition coefficient (Wildman–Crippen LogP) is -0.155. The number of methoxy groups -OCH3 is 1. The van der Waals surface area contributed by atoms with Crippen LogP contribution in [0.1, 0.15) is 19.3 Å². The smallest absolute Gasteiger partial charge is 0.315 e. The van der Waals surface area contributed by atoms with E-state index < -0.39 is 0 Å². The van der Waals surface area contributed by atoms with Gasteiger partial charge in [-0.25, -0.2) is 4.79 Å². The van der Waals surface area contributed by atoms with Crippen LogP contribution in [0, 0.1) is 0 Å². The van der Waals surface area contributed by atoms with Crippen molar-refractivity contribution in [3.05, 3.63) is 0 Å². The summed E-state index contributed by atoms with van der Waals surface area (Å²) in [6, 6.07) is -0.220. The second-order valence-corrected chi connectivity index (χ2v) is 3.58. The Labute approximate surface area is 83.8 Å². The fourth-order valence-corrected chi connectivity index (χ4v) is 1.31. The van der Waals surface area contributed by atoms with E-state index in [2.05, 4.69) is 10.6 Å². The average Bonchev–Trinajstić information content (AvgIpc) is 2.11. The molecule has 2 amide bonds. The third-order valence-corrected chi connectivity index (χ3v) is 2.36. The first-order valence-electron chi connectivity index (χ1n) is 4.93. The van der Waals surface area contributed by atoms with Crippen LogP contribution in [0.25, 0.3) is 0 Å². The van der Waals surface area contributed by atoms with Gasteiger partial charge >= 0.3 is 6.03 Å². The molecule has 0 saturated heterocycles. The highest BCUT2D eigenvalue weighted by Crippen LogP contribution is 2.17. The summed E-state index contributed by atoms with van der Waals surface area (Å²) in [4.78, 5) is 11.3. The first-order valence-corrected chi connectivity index (χ1v) is 4.93. The van der Waals surface area contributed by atoms with Crippen molar-refractivity contribution in [2.45, 2.75) is 31.3 Å². The minimum Gasteiger partial charge on any atom is -0.394 e. The normalized spacial score (nSPS) is 18.4. The maximum atomic E-state index is 11.3. The van der Waals surface area contributed by atoms with Crippen LogP contribution >= 0.6 is 0 Å². The quantitative estimate of drug-likeness (QED) is 0.580. The van der Waals surface area contributed by atoms with Crippen molar-refractivity contribution >= 4 is 6.03 Å². The minimum atomic E-state index is -0.319. The van der Waals surface area contributed by atoms with Gasteiger partial charge in [-0.2, -0.15) is 0 Å². The van der Waals surface area contributed by atoms with Gasteiger partial charge in [0.05, 0.1) is 19.3 Å². The van der Waals surface area contributed by atoms with Crippen molar-refractivity contribution in [2.75, 3.05) is 20.3 Å². The van der Waals surface area contributed by atoms with Gasteiger partial charge in [0, 0.05) is 13.2 Å². The highest BCUT2D eigenvalue weighted by molar-refractivity contribution is 5.74. The van der Waals surface area contributed by atoms with Crippen LogP contribution in [0.4, 0.5) is 4.79 Å². The minimum absolute atomic E-state index is 0.105. The number of urea groups is 1. The van der Waals surface area contributed by atoms with Gasteiger partial charge in [0.1, 0.15) is 0 Å². The lowest BCUT2D eigenvalue weighted by atomic mass is 9.93. The summed E-state index contributed by atoms with van der Waals surface area (Å²) in [6.07, 6.45) is 3.30. The molecule has 14 heavy (non-hydrogen) atoms. The summed E-state index contributed by atoms with van der Waals surface area (Å²) in [6.45, 7) is 0.223. The van der Waals surface area contributed by atoms with Crippen LogP contribution in [0.3, 0.4) is 0 Å². The van der Waals surface area contributed by atoms with Crippen LogP contribution in [0.2, 0.25) is 0 Å². The summed E-state index contributed by atoms with van der Waals surface area (Å²) >= 11 is 0. The molecular weight excluding hydrogens is 184 g/mol. The number of carbonyl (C=O) groups excluding carboxylic acids is 1. The zero-order chi connectivity index (χ0) is 10.4. The molecule has 1 fully saturated rings. The van der Waals surface area contributed by atoms with E-state index in [0.717, 1.165) is 12.8 Å². The molecule has 1 unspecified atom stereocenters. The Morgan fingerprint density at radius 3 is 2.79 bits per heavy atom. The molecule has 0 spiro atoms. The van der Waals surface area contributed by atoms with Crippen LogP contribution < -0.4 is 10.6 Å². The van der Waals surface area contributed by atoms with Crippen LogP contribution in [0.5, 0.6) is 0 Å². The SMILES string of the molecule is COCC(CO)NC(=O)NC1CCC1. The summed E-state index contributed by atoms with van der Waals surface area (Å²) in [5, 5.41) is 14.4. The van der Waals surface area contributed by atoms with E-state index in [0.29, 0.717) is 12.6 Å². The molecule has 0 aromatic heterocycles. The number of hydrogen-bond acceptors (Lipinski definition) is 3. The van der Waals surface area contributed by atoms with Crippen molar-refractivity contribution in [3.8, 4) is 0 Å². The molecule has 0 heterocycles. The van der Waals surface area contributed by atoms with Crippen LogP contribution in [0.15, 0.2) is 0 Å². The molecule has 0 aromatic rings. The van der Waals surface area contributed by atoms with E-state index >= 15 is 0 Å². The number of aliphatic hydroxyl groups excluding tert-OH is 1. The molecule has 1 rings (SSSR count). The molecule has 0 aliphatic heterocycles. The number of aliphatic hydroxyl groups is 1. The largest absolute Gasteiger partial charge is 0.394 e. The molecular formula is C9H18N2O3. The molecule has 0 radical (unpaired) electrons. The van der Waals surface area contributed by atoms with E-state index in [4.69, 9.17) is 9.84 Å². The Bertz CT molecular complexity index is 183. The van der Waals surface area contributed by atoms with Crippen molar-refractivity contribution in [1.82, 2.24) is 10.6 Å². The lowest BCUT2D eigenvalue weighted by Gasteiger charge is -2.27. The maximum Gasteiger partial charge on any atom is 0.315 e. The van der Waals surface area contributed by atoms with Gasteiger partial charge in [0.15, 0.2) is 0 Å². The van der Waals surface area contributed by atoms with Gasteiger partial charge < -0.3 is 20.5 Å². The molecule has 1 atom stereocenters. The first-order chi connectivity index (χ1) is 6.76. The maximum absolute atomic E-state index is 11.3. The summed E-state index contributed by atoms with van der Waals surface area (Å²) in [5.74, 6) is 0. The standard InChI is InChI=1S/C9H18N2O3/c1-14-6-8(5-12)11-9(13)10-7-3-2-4-7/h7-8,12H,2-6H2,1H3,(H2,10,11,13). The van der Waals surface area contributed by atoms with Gasteiger partial charge in [-0.1, -0.05) is 0 Å². The number of nitrogens with one attached hydrogen (secondary N) is 2. The Balaban J connectivity index is 2.15. The molecule has 1 saturated carbocycles. The molecule has 5 heteroatoms. The lowest BCUT2D eigenvalue weighted by Crippen LogP contribution is -2.50. The topological polar surface area (TPSA) is 70.6 Å². The van der Waals surface area contributed by atoms with Gasteiger partial charge in [-0.15, -0.1) is 0 Å². The molecule has 3 N–H and O–H groups in total. The molecule has 1 aliphatic rings. The Kier molecular flexibility index (Phi) is 4.69. The molecule has 82 valence electrons. The summed E-state index contributed by atoms with van der Waals surface area (Å²) in [7, 11) is 1.54. The third-order valence-electron chi connectivity index (χ3n) is 2.36. The van der Waals surface area contributed by atoms with Gasteiger partial charge in [0.25, 0.3) is 0 Å². The van der Waals surface area contributed by atoms with Gasteiger partial charge in [0.2, 0.25) is 0 Å². The second kappa shape index (κ2) is 5.82. The molecule has 1 aliphatic carbocycles. The molecule has 0 aromatic carbocycles. The highest BCUT2D eigenvalue weighted by Gasteiger charge is 2.20. The van der Waals surface area contributed by atoms with E-state index in [1.165, 1.54) is 13.5 Å². The van der Waals surface area contributed by atoms with E-state index in [9.17, 15) is 4.79 Å². The zero-order valence-electron chi connectivity index (χ0n) is 8.45. The summed E-state index contributed by atoms with van der Waals surface area (Å²) in [5.41, 5.74) is 0. The van der Waals surface area contributed by atoms with Gasteiger partial charge in [-0.05, 0) is 19.3 Å². The predicted molar refractivity (Wildman–Crippen MR) is 52.1 cm³/mol. The van der Waals surface area contributed by atoms with Crippen LogP contribution in [-0.2, 0) is 4.74 Å². The van der Waals surface area contributed by atoms with Crippen molar-refractivity contribution in [2.24, 2.45) is 0 Å². The molecule has 0 bridgehead atoms. The Morgan fingerprint density at radius 2 is 2.36 bits per heavy atom. The molecule has 5 nitrogen and oxygen atoms in total. The fourth-order valence-electron chi connectivity index (χ4n) is 1.31. The van der Waals surface area contributed by atoms with E-state index in [1.54, 1.807) is 0 Å². The van der Waals surface area contributed by atoms with E-state index in [-0.39, 0.29) is 18.7 Å². The second-order valence-electron chi connectivity index (χ2n) is 3.58. The van der Waals surface area contributed by atoms with Crippen molar-refractivity contribution in [1.29, 1.82) is 0 Å². The lowest BCUT2D eigenvalue weighted by molar-refractivity contribution is 0.129. The number of amides is 2. The third kappa shape index (κ3) is 3.51. The summed E-state index contributed by atoms with van der Waals surface area (Å²) < 4.78 is 4.84. The average molecular weight is 202 g/mol. The number of carbonyl (C=O) groups is 1. The monoisotopic (exact) mass is 202 g/mol. The van der Waals surface area contributed by atoms with Crippen molar-refractivity contribution in [3.63, 3.8) is 0 Å². The van der Waals surface area contributed by atoms with Crippen LogP contribution in [-0.4, -0.2) is 43.5 Å². The Morgan fingerprint density at radius 1 is 1.64 bits per heavy atom. The fraction of sp³-hybridized carbons (Fsp3) is 0.889. The zero-order valence-corrected chi connectivity index (χ0v) is 8.45.